The SMILES string of the molecule is BrCCCn1c2ccccc2n2cc3ccccc3c12. The number of imidazole rings is 1. The molecule has 0 saturated heterocycles. The van der Waals surface area contributed by atoms with Crippen molar-refractivity contribution in [2.75, 3.05) is 5.33 Å². The number of alkyl halides is 1. The van der Waals surface area contributed by atoms with E-state index >= 15 is 0 Å². The van der Waals surface area contributed by atoms with Crippen molar-refractivity contribution in [3.8, 4) is 0 Å². The average Bonchev–Trinajstić information content (AvgIpc) is 3.01. The molecule has 2 aromatic carbocycles. The summed E-state index contributed by atoms with van der Waals surface area (Å²) >= 11 is 3.54. The van der Waals surface area contributed by atoms with Crippen LogP contribution in [0, 0.1) is 0 Å². The van der Waals surface area contributed by atoms with Crippen LogP contribution < -0.4 is 0 Å². The van der Waals surface area contributed by atoms with Gasteiger partial charge in [-0.3, -0.25) is 4.40 Å². The summed E-state index contributed by atoms with van der Waals surface area (Å²) in [5.74, 6) is 0. The van der Waals surface area contributed by atoms with Crippen LogP contribution in [0.3, 0.4) is 0 Å². The summed E-state index contributed by atoms with van der Waals surface area (Å²) in [6.07, 6.45) is 3.38. The van der Waals surface area contributed by atoms with Crippen molar-refractivity contribution >= 4 is 43.4 Å². The second kappa shape index (κ2) is 4.67. The van der Waals surface area contributed by atoms with Crippen LogP contribution in [0.15, 0.2) is 54.7 Å². The first-order valence-corrected chi connectivity index (χ1v) is 8.05. The molecule has 0 atom stereocenters. The second-order valence-corrected chi connectivity index (χ2v) is 5.89. The zero-order valence-corrected chi connectivity index (χ0v) is 12.7. The molecule has 0 amide bonds. The zero-order valence-electron chi connectivity index (χ0n) is 11.1. The number of halogens is 1. The number of benzene rings is 2. The monoisotopic (exact) mass is 326 g/mol. The maximum absolute atomic E-state index is 3.54. The summed E-state index contributed by atoms with van der Waals surface area (Å²) in [7, 11) is 0. The molecule has 2 aromatic heterocycles. The summed E-state index contributed by atoms with van der Waals surface area (Å²) in [5.41, 5.74) is 3.91. The van der Waals surface area contributed by atoms with Gasteiger partial charge in [0.2, 0.25) is 0 Å². The quantitative estimate of drug-likeness (QED) is 0.477. The lowest BCUT2D eigenvalue weighted by Crippen LogP contribution is -1.98. The van der Waals surface area contributed by atoms with Gasteiger partial charge in [0.25, 0.3) is 0 Å². The van der Waals surface area contributed by atoms with E-state index in [1.807, 2.05) is 0 Å². The molecule has 4 rings (SSSR count). The van der Waals surface area contributed by atoms with Crippen molar-refractivity contribution in [2.24, 2.45) is 0 Å². The van der Waals surface area contributed by atoms with Gasteiger partial charge in [-0.2, -0.15) is 0 Å². The van der Waals surface area contributed by atoms with Crippen molar-refractivity contribution in [2.45, 2.75) is 13.0 Å². The summed E-state index contributed by atoms with van der Waals surface area (Å²) in [6, 6.07) is 17.3. The van der Waals surface area contributed by atoms with E-state index in [0.717, 1.165) is 18.3 Å². The van der Waals surface area contributed by atoms with Crippen LogP contribution in [0.4, 0.5) is 0 Å². The standard InChI is InChI=1S/C17H15BrN2/c18-10-5-11-19-15-8-3-4-9-16(15)20-12-13-6-1-2-7-14(13)17(19)20/h1-4,6-9,12H,5,10-11H2. The fourth-order valence-corrected chi connectivity index (χ4v) is 3.31. The van der Waals surface area contributed by atoms with Gasteiger partial charge in [0.1, 0.15) is 5.65 Å². The minimum absolute atomic E-state index is 1.03. The molecule has 2 heterocycles. The molecule has 0 fully saturated rings. The molecular formula is C17H15BrN2. The molecule has 0 bridgehead atoms. The Morgan fingerprint density at radius 3 is 2.50 bits per heavy atom. The van der Waals surface area contributed by atoms with Crippen LogP contribution in [-0.2, 0) is 6.54 Å². The predicted molar refractivity (Wildman–Crippen MR) is 88.8 cm³/mol. The Morgan fingerprint density at radius 1 is 0.900 bits per heavy atom. The van der Waals surface area contributed by atoms with Gasteiger partial charge in [-0.1, -0.05) is 52.3 Å². The Bertz CT molecular complexity index is 895. The van der Waals surface area contributed by atoms with Crippen LogP contribution in [0.25, 0.3) is 27.5 Å². The normalized spacial score (nSPS) is 11.8. The number of hydrogen-bond acceptors (Lipinski definition) is 0. The molecule has 0 N–H and O–H groups in total. The predicted octanol–water partition coefficient (Wildman–Crippen LogP) is 4.83. The van der Waals surface area contributed by atoms with Crippen LogP contribution in [0.2, 0.25) is 0 Å². The molecule has 0 radical (unpaired) electrons. The van der Waals surface area contributed by atoms with Crippen LogP contribution in [0.5, 0.6) is 0 Å². The Hall–Kier alpha value is -1.74. The Morgan fingerprint density at radius 2 is 1.65 bits per heavy atom. The van der Waals surface area contributed by atoms with Gasteiger partial charge < -0.3 is 4.57 Å². The van der Waals surface area contributed by atoms with Gasteiger partial charge in [-0.15, -0.1) is 0 Å². The van der Waals surface area contributed by atoms with Gasteiger partial charge in [-0.25, -0.2) is 0 Å². The second-order valence-electron chi connectivity index (χ2n) is 5.09. The van der Waals surface area contributed by atoms with Crippen molar-refractivity contribution in [3.05, 3.63) is 54.7 Å². The third-order valence-corrected chi connectivity index (χ3v) is 4.46. The van der Waals surface area contributed by atoms with E-state index in [1.165, 1.54) is 27.5 Å². The maximum Gasteiger partial charge on any atom is 0.125 e. The fraction of sp³-hybridized carbons (Fsp3) is 0.176. The van der Waals surface area contributed by atoms with Crippen molar-refractivity contribution in [1.82, 2.24) is 8.97 Å². The molecule has 0 unspecified atom stereocenters. The summed E-state index contributed by atoms with van der Waals surface area (Å²) in [5, 5.41) is 3.67. The first-order chi connectivity index (χ1) is 9.90. The van der Waals surface area contributed by atoms with Crippen LogP contribution >= 0.6 is 15.9 Å². The highest BCUT2D eigenvalue weighted by Crippen LogP contribution is 2.29. The number of nitrogens with zero attached hydrogens (tertiary/aromatic N) is 2. The highest BCUT2D eigenvalue weighted by atomic mass is 79.9. The smallest absolute Gasteiger partial charge is 0.125 e. The molecule has 0 aliphatic carbocycles. The van der Waals surface area contributed by atoms with E-state index in [9.17, 15) is 0 Å². The van der Waals surface area contributed by atoms with Gasteiger partial charge in [0.15, 0.2) is 0 Å². The molecule has 0 saturated carbocycles. The first-order valence-electron chi connectivity index (χ1n) is 6.93. The summed E-state index contributed by atoms with van der Waals surface area (Å²) in [6.45, 7) is 1.04. The molecule has 4 aromatic rings. The minimum atomic E-state index is 1.03. The number of aromatic nitrogens is 2. The largest absolute Gasteiger partial charge is 0.325 e. The number of hydrogen-bond donors (Lipinski definition) is 0. The topological polar surface area (TPSA) is 9.34 Å². The zero-order chi connectivity index (χ0) is 13.5. The van der Waals surface area contributed by atoms with E-state index in [0.29, 0.717) is 0 Å². The Balaban J connectivity index is 2.16. The third-order valence-electron chi connectivity index (χ3n) is 3.90. The lowest BCUT2D eigenvalue weighted by atomic mass is 10.2. The van der Waals surface area contributed by atoms with Crippen LogP contribution in [-0.4, -0.2) is 14.3 Å². The van der Waals surface area contributed by atoms with Gasteiger partial charge in [-0.05, 0) is 18.6 Å². The van der Waals surface area contributed by atoms with Gasteiger partial charge in [0.05, 0.1) is 11.0 Å². The highest BCUT2D eigenvalue weighted by Gasteiger charge is 2.13. The molecule has 100 valence electrons. The fourth-order valence-electron chi connectivity index (χ4n) is 3.06. The average molecular weight is 327 g/mol. The van der Waals surface area contributed by atoms with Crippen molar-refractivity contribution in [3.63, 3.8) is 0 Å². The van der Waals surface area contributed by atoms with E-state index in [1.54, 1.807) is 0 Å². The Labute approximate surface area is 125 Å². The molecular weight excluding hydrogens is 312 g/mol. The minimum Gasteiger partial charge on any atom is -0.325 e. The molecule has 20 heavy (non-hydrogen) atoms. The maximum atomic E-state index is 3.54. The Kier molecular flexibility index (Phi) is 2.81. The lowest BCUT2D eigenvalue weighted by Gasteiger charge is -2.04. The van der Waals surface area contributed by atoms with Crippen LogP contribution in [0.1, 0.15) is 6.42 Å². The molecule has 0 spiro atoms. The number of para-hydroxylation sites is 2. The lowest BCUT2D eigenvalue weighted by molar-refractivity contribution is 0.728. The van der Waals surface area contributed by atoms with E-state index in [-0.39, 0.29) is 0 Å². The van der Waals surface area contributed by atoms with Crippen molar-refractivity contribution < 1.29 is 0 Å². The van der Waals surface area contributed by atoms with Crippen molar-refractivity contribution in [1.29, 1.82) is 0 Å². The summed E-state index contributed by atoms with van der Waals surface area (Å²) < 4.78 is 4.77. The number of rotatable bonds is 3. The number of aryl methyl sites for hydroxylation is 1. The van der Waals surface area contributed by atoms with E-state index in [4.69, 9.17) is 0 Å². The molecule has 0 aliphatic rings. The van der Waals surface area contributed by atoms with Gasteiger partial charge in [0, 0.05) is 28.8 Å². The van der Waals surface area contributed by atoms with E-state index in [2.05, 4.69) is 79.6 Å². The van der Waals surface area contributed by atoms with Gasteiger partial charge >= 0.3 is 0 Å². The molecule has 2 nitrogen and oxygen atoms in total. The summed E-state index contributed by atoms with van der Waals surface area (Å²) in [4.78, 5) is 0. The first kappa shape index (κ1) is 12.0. The number of fused-ring (bicyclic) bond motifs is 5. The highest BCUT2D eigenvalue weighted by molar-refractivity contribution is 9.09. The molecule has 0 aliphatic heterocycles. The molecule has 3 heteroatoms. The van der Waals surface area contributed by atoms with E-state index < -0.39 is 0 Å². The third kappa shape index (κ3) is 1.63.